The Hall–Kier alpha value is -0.880. The van der Waals surface area contributed by atoms with E-state index in [9.17, 15) is 52.7 Å². The lowest BCUT2D eigenvalue weighted by Gasteiger charge is -2.49. The van der Waals surface area contributed by atoms with E-state index in [0.717, 1.165) is 0 Å². The highest BCUT2D eigenvalue weighted by Crippen LogP contribution is 2.47. The Morgan fingerprint density at radius 1 is 0.480 bits per heavy atom. The van der Waals surface area contributed by atoms with Crippen LogP contribution in [0, 0.1) is 5.92 Å². The van der Waals surface area contributed by atoms with Crippen molar-refractivity contribution >= 4 is 0 Å². The molecule has 8 unspecified atom stereocenters. The quantitative estimate of drug-likeness (QED) is 0.481. The molecular formula is C12H11F12N. The van der Waals surface area contributed by atoms with Crippen molar-refractivity contribution in [3.63, 3.8) is 0 Å². The van der Waals surface area contributed by atoms with Crippen LogP contribution in [-0.2, 0) is 0 Å². The van der Waals surface area contributed by atoms with E-state index in [0.29, 0.717) is 0 Å². The number of hydrogen-bond donors (Lipinski definition) is 0. The zero-order valence-electron chi connectivity index (χ0n) is 11.8. The van der Waals surface area contributed by atoms with Gasteiger partial charge in [-0.05, 0) is 0 Å². The van der Waals surface area contributed by atoms with Crippen LogP contribution in [0.25, 0.3) is 0 Å². The van der Waals surface area contributed by atoms with E-state index < -0.39 is 78.8 Å². The predicted octanol–water partition coefficient (Wildman–Crippen LogP) is 3.82. The van der Waals surface area contributed by atoms with Crippen molar-refractivity contribution < 1.29 is 52.7 Å². The van der Waals surface area contributed by atoms with Gasteiger partial charge < -0.3 is 0 Å². The summed E-state index contributed by atoms with van der Waals surface area (Å²) in [7, 11) is 0. The number of piperidine rings is 1. The summed E-state index contributed by atoms with van der Waals surface area (Å²) in [5.74, 6) is -3.77. The van der Waals surface area contributed by atoms with Crippen LogP contribution in [0.1, 0.15) is 0 Å². The highest BCUT2D eigenvalue weighted by atomic mass is 19.4. The molecule has 0 amide bonds. The molecule has 1 heterocycles. The van der Waals surface area contributed by atoms with E-state index >= 15 is 0 Å². The fourth-order valence-corrected chi connectivity index (χ4v) is 3.09. The van der Waals surface area contributed by atoms with Crippen molar-refractivity contribution in [3.8, 4) is 0 Å². The molecule has 148 valence electrons. The molecule has 8 atom stereocenters. The van der Waals surface area contributed by atoms with Crippen LogP contribution in [0.2, 0.25) is 0 Å². The van der Waals surface area contributed by atoms with Gasteiger partial charge in [0.15, 0.2) is 43.4 Å². The molecule has 13 heteroatoms. The Morgan fingerprint density at radius 3 is 1.16 bits per heavy atom. The van der Waals surface area contributed by atoms with Crippen LogP contribution in [0.3, 0.4) is 0 Å². The van der Waals surface area contributed by atoms with Gasteiger partial charge in [0.05, 0.1) is 6.04 Å². The van der Waals surface area contributed by atoms with Gasteiger partial charge in [-0.25, -0.2) is 44.4 Å². The first-order chi connectivity index (χ1) is 11.3. The number of rotatable bonds is 1. The van der Waals surface area contributed by atoms with Gasteiger partial charge >= 0.3 is 6.18 Å². The van der Waals surface area contributed by atoms with Gasteiger partial charge in [0, 0.05) is 0 Å². The van der Waals surface area contributed by atoms with Crippen LogP contribution in [-0.4, -0.2) is 72.9 Å². The summed E-state index contributed by atoms with van der Waals surface area (Å²) in [5.41, 5.74) is 0. The first-order valence-corrected chi connectivity index (χ1v) is 6.93. The Labute approximate surface area is 132 Å². The second kappa shape index (κ2) is 6.69. The summed E-state index contributed by atoms with van der Waals surface area (Å²) in [4.78, 5) is -0.952. The Bertz CT molecular complexity index is 442. The van der Waals surface area contributed by atoms with Crippen LogP contribution < -0.4 is 0 Å². The molecule has 0 aromatic heterocycles. The van der Waals surface area contributed by atoms with Gasteiger partial charge in [0.25, 0.3) is 0 Å². The normalized spacial score (nSPS) is 53.0. The smallest absolute Gasteiger partial charge is 0.243 e. The molecule has 25 heavy (non-hydrogen) atoms. The minimum atomic E-state index is -5.72. The van der Waals surface area contributed by atoms with E-state index in [1.54, 1.807) is 0 Å². The van der Waals surface area contributed by atoms with E-state index in [2.05, 4.69) is 0 Å². The van der Waals surface area contributed by atoms with Gasteiger partial charge in [-0.1, -0.05) is 0 Å². The Balaban J connectivity index is 2.38. The van der Waals surface area contributed by atoms with Gasteiger partial charge in [0.2, 0.25) is 0 Å². The van der Waals surface area contributed by atoms with E-state index in [4.69, 9.17) is 0 Å². The molecule has 0 bridgehead atoms. The molecule has 1 saturated carbocycles. The molecule has 0 radical (unpaired) electrons. The predicted molar refractivity (Wildman–Crippen MR) is 59.2 cm³/mol. The Kier molecular flexibility index (Phi) is 5.47. The zero-order valence-corrected chi connectivity index (χ0v) is 11.8. The summed E-state index contributed by atoms with van der Waals surface area (Å²) < 4.78 is 160. The second-order valence-electron chi connectivity index (χ2n) is 5.86. The number of halogens is 12. The first-order valence-electron chi connectivity index (χ1n) is 6.93. The highest BCUT2D eigenvalue weighted by Gasteiger charge is 2.66. The monoisotopic (exact) mass is 397 g/mol. The van der Waals surface area contributed by atoms with Crippen molar-refractivity contribution in [1.29, 1.82) is 0 Å². The summed E-state index contributed by atoms with van der Waals surface area (Å²) in [5, 5.41) is 0. The minimum absolute atomic E-state index is 0.952. The summed E-state index contributed by atoms with van der Waals surface area (Å²) >= 11 is 0. The molecule has 0 aromatic carbocycles. The molecule has 2 aliphatic rings. The van der Waals surface area contributed by atoms with Gasteiger partial charge in [-0.15, -0.1) is 0 Å². The molecule has 0 aromatic rings. The molecular weight excluding hydrogens is 386 g/mol. The summed E-state index contributed by atoms with van der Waals surface area (Å²) in [6.07, 6.45) is -38.0. The minimum Gasteiger partial charge on any atom is -0.243 e. The zero-order chi connectivity index (χ0) is 19.4. The second-order valence-corrected chi connectivity index (χ2v) is 5.86. The molecule has 1 saturated heterocycles. The van der Waals surface area contributed by atoms with Crippen LogP contribution in [0.5, 0.6) is 0 Å². The number of likely N-dealkylation sites (tertiary alicyclic amines) is 1. The van der Waals surface area contributed by atoms with Crippen molar-refractivity contribution in [2.24, 2.45) is 5.92 Å². The molecule has 1 nitrogen and oxygen atoms in total. The lowest BCUT2D eigenvalue weighted by Crippen LogP contribution is -2.71. The third-order valence-corrected chi connectivity index (χ3v) is 4.37. The van der Waals surface area contributed by atoms with Gasteiger partial charge in [-0.2, -0.15) is 13.2 Å². The van der Waals surface area contributed by atoms with Gasteiger partial charge in [0.1, 0.15) is 18.3 Å². The molecule has 0 N–H and O–H groups in total. The van der Waals surface area contributed by atoms with Crippen LogP contribution in [0.15, 0.2) is 0 Å². The third kappa shape index (κ3) is 3.16. The largest absolute Gasteiger partial charge is 0.397 e. The maximum absolute atomic E-state index is 13.9. The number of hydrogen-bond acceptors (Lipinski definition) is 1. The molecule has 1 aliphatic heterocycles. The van der Waals surface area contributed by atoms with E-state index in [1.807, 2.05) is 0 Å². The van der Waals surface area contributed by atoms with Gasteiger partial charge in [-0.3, -0.25) is 0 Å². The lowest BCUT2D eigenvalue weighted by molar-refractivity contribution is -0.261. The number of nitrogens with zero attached hydrogens (tertiary/aromatic N) is 1. The topological polar surface area (TPSA) is 3.24 Å². The van der Waals surface area contributed by atoms with Crippen LogP contribution >= 0.6 is 0 Å². The molecule has 2 fully saturated rings. The van der Waals surface area contributed by atoms with E-state index in [-0.39, 0.29) is 0 Å². The summed E-state index contributed by atoms with van der Waals surface area (Å²) in [6, 6.07) is -3.25. The fraction of sp³-hybridized carbons (Fsp3) is 1.00. The lowest BCUT2D eigenvalue weighted by atomic mass is 9.78. The highest BCUT2D eigenvalue weighted by molar-refractivity contribution is 5.09. The maximum Gasteiger partial charge on any atom is 0.397 e. The van der Waals surface area contributed by atoms with Crippen molar-refractivity contribution in [2.45, 2.75) is 68.0 Å². The van der Waals surface area contributed by atoms with Crippen molar-refractivity contribution in [2.75, 3.05) is 0 Å². The summed E-state index contributed by atoms with van der Waals surface area (Å²) in [6.45, 7) is 0. The Morgan fingerprint density at radius 2 is 0.840 bits per heavy atom. The average Bonchev–Trinajstić information content (AvgIpc) is 2.51. The van der Waals surface area contributed by atoms with E-state index in [1.165, 1.54) is 0 Å². The number of alkyl halides is 12. The SMILES string of the molecule is FC1C(F)C(F)N(C2C(F)C(F)C(C(F)(F)F)C(F)C2F)C(F)C1F. The third-order valence-electron chi connectivity index (χ3n) is 4.37. The molecule has 2 rings (SSSR count). The van der Waals surface area contributed by atoms with Crippen molar-refractivity contribution in [1.82, 2.24) is 4.90 Å². The molecule has 1 aliphatic carbocycles. The van der Waals surface area contributed by atoms with Crippen molar-refractivity contribution in [3.05, 3.63) is 0 Å². The fourth-order valence-electron chi connectivity index (χ4n) is 3.09. The average molecular weight is 397 g/mol. The first kappa shape index (κ1) is 20.4. The maximum atomic E-state index is 13.9. The van der Waals surface area contributed by atoms with Crippen LogP contribution in [0.4, 0.5) is 52.7 Å². The standard InChI is InChI=1S/C12H11F12N/c13-2-1(12(22,23)24)3(14)6(17)9(5(2)16)25-10(20)7(18)4(15)8(19)11(25)21/h1-11H. The molecule has 0 spiro atoms.